The molecule has 0 spiro atoms. The summed E-state index contributed by atoms with van der Waals surface area (Å²) in [7, 11) is 1.49. The normalized spacial score (nSPS) is 14.0. The Labute approximate surface area is 157 Å². The van der Waals surface area contributed by atoms with Gasteiger partial charge in [0.25, 0.3) is 5.91 Å². The lowest BCUT2D eigenvalue weighted by atomic mass is 10.1. The minimum Gasteiger partial charge on any atom is -0.496 e. The highest BCUT2D eigenvalue weighted by molar-refractivity contribution is 5.94. The Morgan fingerprint density at radius 2 is 1.81 bits per heavy atom. The van der Waals surface area contributed by atoms with Crippen LogP contribution in [0, 0.1) is 6.92 Å². The molecule has 1 aliphatic rings. The van der Waals surface area contributed by atoms with Crippen molar-refractivity contribution in [2.75, 3.05) is 44.8 Å². The largest absolute Gasteiger partial charge is 0.496 e. The minimum absolute atomic E-state index is 0.219. The van der Waals surface area contributed by atoms with Gasteiger partial charge in [0.05, 0.1) is 7.11 Å². The van der Waals surface area contributed by atoms with Crippen molar-refractivity contribution in [3.05, 3.63) is 47.8 Å². The Morgan fingerprint density at radius 3 is 2.48 bits per heavy atom. The fraction of sp³-hybridized carbons (Fsp3) is 0.368. The lowest BCUT2D eigenvalue weighted by molar-refractivity contribution is -0.134. The van der Waals surface area contributed by atoms with E-state index in [1.54, 1.807) is 35.5 Å². The van der Waals surface area contributed by atoms with Gasteiger partial charge in [0.1, 0.15) is 11.3 Å². The Morgan fingerprint density at radius 1 is 1.11 bits per heavy atom. The molecule has 0 N–H and O–H groups in total. The van der Waals surface area contributed by atoms with Crippen LogP contribution in [0.25, 0.3) is 0 Å². The number of benzene rings is 1. The second-order valence-electron chi connectivity index (χ2n) is 6.20. The molecule has 0 aliphatic carbocycles. The first-order valence-corrected chi connectivity index (χ1v) is 8.70. The molecular formula is C19H22N4O4. The number of carbonyl (C=O) groups is 2. The van der Waals surface area contributed by atoms with Crippen LogP contribution < -0.4 is 9.64 Å². The van der Waals surface area contributed by atoms with E-state index in [2.05, 4.69) is 9.97 Å². The van der Waals surface area contributed by atoms with E-state index in [4.69, 9.17) is 9.47 Å². The van der Waals surface area contributed by atoms with Gasteiger partial charge in [-0.2, -0.15) is 0 Å². The van der Waals surface area contributed by atoms with E-state index in [1.165, 1.54) is 7.11 Å². The summed E-state index contributed by atoms with van der Waals surface area (Å²) in [4.78, 5) is 36.8. The van der Waals surface area contributed by atoms with Crippen LogP contribution in [0.5, 0.6) is 5.75 Å². The molecule has 3 rings (SSSR count). The summed E-state index contributed by atoms with van der Waals surface area (Å²) in [6, 6.07) is 7.00. The molecule has 1 aromatic heterocycles. The average Bonchev–Trinajstić information content (AvgIpc) is 2.72. The number of aromatic nitrogens is 2. The van der Waals surface area contributed by atoms with Gasteiger partial charge in [-0.1, -0.05) is 11.6 Å². The van der Waals surface area contributed by atoms with Crippen LogP contribution in [0.4, 0.5) is 5.95 Å². The van der Waals surface area contributed by atoms with Crippen LogP contribution in [0.15, 0.2) is 36.7 Å². The first kappa shape index (κ1) is 18.6. The highest BCUT2D eigenvalue weighted by Gasteiger charge is 2.24. The number of piperazine rings is 1. The predicted octanol–water partition coefficient (Wildman–Crippen LogP) is 1.30. The molecule has 1 aliphatic heterocycles. The third kappa shape index (κ3) is 4.52. The van der Waals surface area contributed by atoms with Crippen molar-refractivity contribution in [1.29, 1.82) is 0 Å². The molecule has 2 heterocycles. The lowest BCUT2D eigenvalue weighted by Gasteiger charge is -2.34. The monoisotopic (exact) mass is 370 g/mol. The van der Waals surface area contributed by atoms with Gasteiger partial charge < -0.3 is 19.3 Å². The molecule has 2 aromatic rings. The number of aryl methyl sites for hydroxylation is 1. The number of esters is 1. The smallest absolute Gasteiger partial charge is 0.342 e. The van der Waals surface area contributed by atoms with Crippen molar-refractivity contribution in [3.8, 4) is 5.75 Å². The zero-order valence-corrected chi connectivity index (χ0v) is 15.4. The quantitative estimate of drug-likeness (QED) is 0.734. The number of anilines is 1. The highest BCUT2D eigenvalue weighted by atomic mass is 16.5. The van der Waals surface area contributed by atoms with Crippen molar-refractivity contribution in [1.82, 2.24) is 14.9 Å². The SMILES string of the molecule is COc1ccc(C)cc1C(=O)OCC(=O)N1CCN(c2ncccn2)CC1. The molecule has 8 heteroatoms. The average molecular weight is 370 g/mol. The second kappa shape index (κ2) is 8.48. The van der Waals surface area contributed by atoms with E-state index in [0.717, 1.165) is 5.56 Å². The zero-order chi connectivity index (χ0) is 19.2. The van der Waals surface area contributed by atoms with Crippen molar-refractivity contribution in [2.24, 2.45) is 0 Å². The molecular weight excluding hydrogens is 348 g/mol. The molecule has 27 heavy (non-hydrogen) atoms. The fourth-order valence-corrected chi connectivity index (χ4v) is 2.89. The Bertz CT molecular complexity index is 805. The number of rotatable bonds is 5. The van der Waals surface area contributed by atoms with Crippen molar-refractivity contribution >= 4 is 17.8 Å². The van der Waals surface area contributed by atoms with E-state index in [9.17, 15) is 9.59 Å². The maximum atomic E-state index is 12.4. The number of carbonyl (C=O) groups excluding carboxylic acids is 2. The zero-order valence-electron chi connectivity index (χ0n) is 15.4. The lowest BCUT2D eigenvalue weighted by Crippen LogP contribution is -2.50. The number of ether oxygens (including phenoxy) is 2. The summed E-state index contributed by atoms with van der Waals surface area (Å²) >= 11 is 0. The molecule has 1 aromatic carbocycles. The summed E-state index contributed by atoms with van der Waals surface area (Å²) < 4.78 is 10.4. The number of methoxy groups -OCH3 is 1. The van der Waals surface area contributed by atoms with Gasteiger partial charge in [0.15, 0.2) is 6.61 Å². The molecule has 1 amide bonds. The Balaban J connectivity index is 1.52. The number of hydrogen-bond donors (Lipinski definition) is 0. The van der Waals surface area contributed by atoms with Crippen molar-refractivity contribution in [2.45, 2.75) is 6.92 Å². The fourth-order valence-electron chi connectivity index (χ4n) is 2.89. The van der Waals surface area contributed by atoms with E-state index in [1.807, 2.05) is 17.9 Å². The maximum absolute atomic E-state index is 12.4. The first-order valence-electron chi connectivity index (χ1n) is 8.70. The van der Waals surface area contributed by atoms with Gasteiger partial charge >= 0.3 is 5.97 Å². The van der Waals surface area contributed by atoms with Crippen LogP contribution in [0.2, 0.25) is 0 Å². The number of amides is 1. The van der Waals surface area contributed by atoms with Crippen LogP contribution >= 0.6 is 0 Å². The molecule has 8 nitrogen and oxygen atoms in total. The van der Waals surface area contributed by atoms with Crippen LogP contribution in [0.1, 0.15) is 15.9 Å². The molecule has 0 radical (unpaired) electrons. The van der Waals surface area contributed by atoms with Crippen molar-refractivity contribution in [3.63, 3.8) is 0 Å². The molecule has 142 valence electrons. The molecule has 0 atom stereocenters. The molecule has 0 unspecified atom stereocenters. The van der Waals surface area contributed by atoms with Crippen molar-refractivity contribution < 1.29 is 19.1 Å². The second-order valence-corrected chi connectivity index (χ2v) is 6.20. The van der Waals surface area contributed by atoms with E-state index in [0.29, 0.717) is 43.4 Å². The summed E-state index contributed by atoms with van der Waals surface area (Å²) in [6.45, 7) is 3.91. The van der Waals surface area contributed by atoms with Gasteiger partial charge in [-0.15, -0.1) is 0 Å². The number of hydrogen-bond acceptors (Lipinski definition) is 7. The predicted molar refractivity (Wildman–Crippen MR) is 98.8 cm³/mol. The molecule has 1 fully saturated rings. The van der Waals surface area contributed by atoms with Crippen LogP contribution in [-0.2, 0) is 9.53 Å². The van der Waals surface area contributed by atoms with E-state index < -0.39 is 5.97 Å². The van der Waals surface area contributed by atoms with Gasteiger partial charge in [0.2, 0.25) is 5.95 Å². The van der Waals surface area contributed by atoms with E-state index in [-0.39, 0.29) is 12.5 Å². The first-order chi connectivity index (χ1) is 13.1. The Hall–Kier alpha value is -3.16. The minimum atomic E-state index is -0.569. The Kier molecular flexibility index (Phi) is 5.85. The molecule has 0 saturated carbocycles. The van der Waals surface area contributed by atoms with Gasteiger partial charge in [-0.25, -0.2) is 14.8 Å². The maximum Gasteiger partial charge on any atom is 0.342 e. The van der Waals surface area contributed by atoms with Gasteiger partial charge in [-0.3, -0.25) is 4.79 Å². The summed E-state index contributed by atoms with van der Waals surface area (Å²) in [5.74, 6) is 0.293. The topological polar surface area (TPSA) is 84.9 Å². The highest BCUT2D eigenvalue weighted by Crippen LogP contribution is 2.20. The summed E-state index contributed by atoms with van der Waals surface area (Å²) in [6.07, 6.45) is 3.39. The third-order valence-electron chi connectivity index (χ3n) is 4.37. The standard InChI is InChI=1S/C19H22N4O4/c1-14-4-5-16(26-2)15(12-14)18(25)27-13-17(24)22-8-10-23(11-9-22)19-20-6-3-7-21-19/h3-7,12H,8-11,13H2,1-2H3. The third-order valence-corrected chi connectivity index (χ3v) is 4.37. The number of nitrogens with zero attached hydrogens (tertiary/aromatic N) is 4. The molecule has 1 saturated heterocycles. The summed E-state index contributed by atoms with van der Waals surface area (Å²) in [5, 5.41) is 0. The van der Waals surface area contributed by atoms with Gasteiger partial charge in [-0.05, 0) is 25.1 Å². The van der Waals surface area contributed by atoms with Gasteiger partial charge in [0, 0.05) is 38.6 Å². The summed E-state index contributed by atoms with van der Waals surface area (Å²) in [5.41, 5.74) is 1.23. The van der Waals surface area contributed by atoms with Crippen LogP contribution in [-0.4, -0.2) is 66.6 Å². The molecule has 0 bridgehead atoms. The van der Waals surface area contributed by atoms with Crippen LogP contribution in [0.3, 0.4) is 0 Å². The van der Waals surface area contributed by atoms with E-state index >= 15 is 0 Å².